The number of ether oxygens (including phenoxy) is 2. The number of rotatable bonds is 9. The molecular weight excluding hydrogens is 469 g/mol. The Kier molecular flexibility index (Phi) is 8.64. The van der Waals surface area contributed by atoms with E-state index in [9.17, 15) is 22.8 Å². The lowest BCUT2D eigenvalue weighted by molar-refractivity contribution is -0.141. The van der Waals surface area contributed by atoms with Gasteiger partial charge in [0.25, 0.3) is 5.56 Å². The maximum atomic E-state index is 13.1. The first-order chi connectivity index (χ1) is 16.7. The quantitative estimate of drug-likeness (QED) is 0.523. The van der Waals surface area contributed by atoms with Gasteiger partial charge in [-0.15, -0.1) is 0 Å². The van der Waals surface area contributed by atoms with Gasteiger partial charge in [0.15, 0.2) is 11.3 Å². The Balaban J connectivity index is 1.39. The number of aromatic nitrogens is 3. The van der Waals surface area contributed by atoms with Crippen LogP contribution in [0.25, 0.3) is 0 Å². The number of nitrogens with one attached hydrogen (secondary N) is 1. The van der Waals surface area contributed by atoms with Gasteiger partial charge in [-0.3, -0.25) is 9.59 Å². The third-order valence-corrected chi connectivity index (χ3v) is 5.29. The molecule has 1 N–H and O–H groups in total. The topological polar surface area (TPSA) is 124 Å². The standard InChI is InChI=1S/C22H25F3N6O4/c1-15(35-17-13-28-29-21(33)20(17)22(23,24)25)14-34-11-5-19(32)31-9-7-30(8-10-31)18-3-2-16(4-6-26)12-27-18/h2-3,12-13,15H,4-5,7-11,14H2,1H3,(H,29,33)/t15-/m0/s1. The first kappa shape index (κ1) is 26.0. The lowest BCUT2D eigenvalue weighted by atomic mass is 10.2. The number of hydrogen-bond acceptors (Lipinski definition) is 8. The maximum absolute atomic E-state index is 13.1. The molecule has 3 rings (SSSR count). The normalized spacial score (nSPS) is 14.9. The van der Waals surface area contributed by atoms with Crippen LogP contribution in [0.1, 0.15) is 24.5 Å². The van der Waals surface area contributed by atoms with Crippen molar-refractivity contribution in [2.24, 2.45) is 0 Å². The van der Waals surface area contributed by atoms with Crippen LogP contribution in [-0.4, -0.2) is 71.5 Å². The Morgan fingerprint density at radius 2 is 2.00 bits per heavy atom. The van der Waals surface area contributed by atoms with Crippen LogP contribution in [-0.2, 0) is 22.1 Å². The average molecular weight is 494 g/mol. The molecule has 0 unspecified atom stereocenters. The van der Waals surface area contributed by atoms with Gasteiger partial charge in [0.1, 0.15) is 11.9 Å². The summed E-state index contributed by atoms with van der Waals surface area (Å²) >= 11 is 0. The van der Waals surface area contributed by atoms with E-state index in [4.69, 9.17) is 14.7 Å². The van der Waals surface area contributed by atoms with E-state index < -0.39 is 29.2 Å². The molecule has 1 fully saturated rings. The number of alkyl halides is 3. The molecule has 2 aromatic rings. The molecule has 0 radical (unpaired) electrons. The molecule has 0 aromatic carbocycles. The van der Waals surface area contributed by atoms with Gasteiger partial charge in [-0.05, 0) is 18.6 Å². The van der Waals surface area contributed by atoms with Crippen molar-refractivity contribution >= 4 is 11.7 Å². The summed E-state index contributed by atoms with van der Waals surface area (Å²) in [6.07, 6.45) is -2.80. The Morgan fingerprint density at radius 3 is 2.63 bits per heavy atom. The fraction of sp³-hybridized carbons (Fsp3) is 0.500. The zero-order chi connectivity index (χ0) is 25.4. The van der Waals surface area contributed by atoms with E-state index in [-0.39, 0.29) is 25.5 Å². The smallest absolute Gasteiger partial charge is 0.425 e. The van der Waals surface area contributed by atoms with Crippen LogP contribution in [0, 0.1) is 11.3 Å². The van der Waals surface area contributed by atoms with Gasteiger partial charge in [0.05, 0.1) is 38.3 Å². The second-order valence-electron chi connectivity index (χ2n) is 7.92. The molecule has 1 amide bonds. The summed E-state index contributed by atoms with van der Waals surface area (Å²) in [5, 5.41) is 13.8. The Hall–Kier alpha value is -3.66. The summed E-state index contributed by atoms with van der Waals surface area (Å²) in [6, 6.07) is 5.80. The molecule has 1 atom stereocenters. The van der Waals surface area contributed by atoms with E-state index >= 15 is 0 Å². The highest BCUT2D eigenvalue weighted by Crippen LogP contribution is 2.33. The molecular formula is C22H25F3N6O4. The van der Waals surface area contributed by atoms with Crippen LogP contribution in [0.4, 0.5) is 19.0 Å². The van der Waals surface area contributed by atoms with Gasteiger partial charge in [0, 0.05) is 32.4 Å². The number of nitriles is 1. The predicted octanol–water partition coefficient (Wildman–Crippen LogP) is 1.77. The summed E-state index contributed by atoms with van der Waals surface area (Å²) in [7, 11) is 0. The van der Waals surface area contributed by atoms with E-state index in [1.54, 1.807) is 16.2 Å². The number of nitrogens with zero attached hydrogens (tertiary/aromatic N) is 5. The van der Waals surface area contributed by atoms with Crippen LogP contribution in [0.15, 0.2) is 29.3 Å². The number of piperazine rings is 1. The fourth-order valence-corrected chi connectivity index (χ4v) is 3.54. The second-order valence-corrected chi connectivity index (χ2v) is 7.92. The van der Waals surface area contributed by atoms with Crippen molar-refractivity contribution in [1.82, 2.24) is 20.1 Å². The van der Waals surface area contributed by atoms with Gasteiger partial charge < -0.3 is 19.3 Å². The minimum absolute atomic E-state index is 0.0708. The molecule has 0 saturated carbocycles. The number of carbonyl (C=O) groups is 1. The van der Waals surface area contributed by atoms with Crippen molar-refractivity contribution in [2.75, 3.05) is 44.3 Å². The Bertz CT molecular complexity index is 1090. The molecule has 1 aliphatic rings. The van der Waals surface area contributed by atoms with Gasteiger partial charge in [-0.2, -0.15) is 23.5 Å². The molecule has 10 nitrogen and oxygen atoms in total. The van der Waals surface area contributed by atoms with E-state index in [0.29, 0.717) is 32.6 Å². The molecule has 0 aliphatic carbocycles. The summed E-state index contributed by atoms with van der Waals surface area (Å²) < 4.78 is 49.8. The molecule has 35 heavy (non-hydrogen) atoms. The van der Waals surface area contributed by atoms with E-state index in [2.05, 4.69) is 21.1 Å². The number of carbonyl (C=O) groups excluding carboxylic acids is 1. The van der Waals surface area contributed by atoms with E-state index in [0.717, 1.165) is 17.6 Å². The van der Waals surface area contributed by atoms with Crippen molar-refractivity contribution in [3.05, 3.63) is 46.0 Å². The summed E-state index contributed by atoms with van der Waals surface area (Å²) in [4.78, 5) is 32.1. The van der Waals surface area contributed by atoms with Gasteiger partial charge in [-0.1, -0.05) is 6.07 Å². The number of anilines is 1. The minimum Gasteiger partial charge on any atom is -0.486 e. The monoisotopic (exact) mass is 494 g/mol. The van der Waals surface area contributed by atoms with Crippen LogP contribution in [0.3, 0.4) is 0 Å². The van der Waals surface area contributed by atoms with Crippen LogP contribution < -0.4 is 15.2 Å². The highest BCUT2D eigenvalue weighted by atomic mass is 19.4. The molecule has 1 aliphatic heterocycles. The first-order valence-corrected chi connectivity index (χ1v) is 10.9. The number of pyridine rings is 1. The Labute approximate surface area is 199 Å². The largest absolute Gasteiger partial charge is 0.486 e. The number of hydrogen-bond donors (Lipinski definition) is 1. The van der Waals surface area contributed by atoms with Crippen molar-refractivity contribution in [3.63, 3.8) is 0 Å². The second kappa shape index (κ2) is 11.7. The molecule has 3 heterocycles. The van der Waals surface area contributed by atoms with Crippen molar-refractivity contribution in [2.45, 2.75) is 32.0 Å². The van der Waals surface area contributed by atoms with Crippen molar-refractivity contribution in [1.29, 1.82) is 5.26 Å². The summed E-state index contributed by atoms with van der Waals surface area (Å²) in [6.45, 7) is 3.78. The van der Waals surface area contributed by atoms with E-state index in [1.165, 1.54) is 6.92 Å². The summed E-state index contributed by atoms with van der Waals surface area (Å²) in [5.41, 5.74) is -2.00. The molecule has 0 bridgehead atoms. The lowest BCUT2D eigenvalue weighted by Gasteiger charge is -2.35. The SMILES string of the molecule is C[C@@H](COCCC(=O)N1CCN(c2ccc(CC#N)cn2)CC1)Oc1cn[nH]c(=O)c1C(F)(F)F. The van der Waals surface area contributed by atoms with Crippen LogP contribution in [0.2, 0.25) is 0 Å². The fourth-order valence-electron chi connectivity index (χ4n) is 3.54. The Morgan fingerprint density at radius 1 is 1.26 bits per heavy atom. The van der Waals surface area contributed by atoms with Gasteiger partial charge >= 0.3 is 6.18 Å². The number of halogens is 3. The zero-order valence-electron chi connectivity index (χ0n) is 19.0. The van der Waals surface area contributed by atoms with Gasteiger partial charge in [0.2, 0.25) is 5.91 Å². The number of H-pyrrole nitrogens is 1. The van der Waals surface area contributed by atoms with Crippen LogP contribution >= 0.6 is 0 Å². The maximum Gasteiger partial charge on any atom is 0.425 e. The third-order valence-electron chi connectivity index (χ3n) is 5.29. The minimum atomic E-state index is -4.89. The highest BCUT2D eigenvalue weighted by molar-refractivity contribution is 5.76. The van der Waals surface area contributed by atoms with Crippen molar-refractivity contribution in [3.8, 4) is 11.8 Å². The van der Waals surface area contributed by atoms with Gasteiger partial charge in [-0.25, -0.2) is 10.1 Å². The highest BCUT2D eigenvalue weighted by Gasteiger charge is 2.38. The average Bonchev–Trinajstić information content (AvgIpc) is 2.82. The molecule has 2 aromatic heterocycles. The third kappa shape index (κ3) is 7.16. The number of aromatic amines is 1. The predicted molar refractivity (Wildman–Crippen MR) is 118 cm³/mol. The molecule has 1 saturated heterocycles. The van der Waals surface area contributed by atoms with Crippen LogP contribution in [0.5, 0.6) is 5.75 Å². The molecule has 0 spiro atoms. The van der Waals surface area contributed by atoms with Crippen molar-refractivity contribution < 1.29 is 27.4 Å². The molecule has 188 valence electrons. The van der Waals surface area contributed by atoms with E-state index in [1.807, 2.05) is 12.1 Å². The lowest BCUT2D eigenvalue weighted by Crippen LogP contribution is -2.49. The summed E-state index contributed by atoms with van der Waals surface area (Å²) in [5.74, 6) is 0.0228. The first-order valence-electron chi connectivity index (χ1n) is 10.9. The number of amides is 1. The molecule has 13 heteroatoms. The zero-order valence-corrected chi connectivity index (χ0v) is 19.0.